The van der Waals surface area contributed by atoms with Gasteiger partial charge in [0.15, 0.2) is 0 Å². The van der Waals surface area contributed by atoms with Gasteiger partial charge in [-0.2, -0.15) is 0 Å². The van der Waals surface area contributed by atoms with Gasteiger partial charge >= 0.3 is 0 Å². The summed E-state index contributed by atoms with van der Waals surface area (Å²) in [7, 11) is 0. The molecule has 1 fully saturated rings. The first-order chi connectivity index (χ1) is 13.3. The maximum absolute atomic E-state index is 12.7. The molecular formula is C21H27N5O. The van der Waals surface area contributed by atoms with E-state index in [4.69, 9.17) is 0 Å². The first-order valence-electron chi connectivity index (χ1n) is 9.56. The lowest BCUT2D eigenvalue weighted by atomic mass is 10.2. The van der Waals surface area contributed by atoms with Gasteiger partial charge in [-0.1, -0.05) is 49.4 Å². The van der Waals surface area contributed by atoms with Crippen LogP contribution in [0.15, 0.2) is 48.7 Å². The van der Waals surface area contributed by atoms with Gasteiger partial charge in [-0.15, -0.1) is 0 Å². The van der Waals surface area contributed by atoms with Crippen LogP contribution in [0.4, 0.5) is 5.95 Å². The summed E-state index contributed by atoms with van der Waals surface area (Å²) in [6, 6.07) is 12.0. The van der Waals surface area contributed by atoms with Crippen molar-refractivity contribution in [3.05, 3.63) is 59.9 Å². The highest BCUT2D eigenvalue weighted by Crippen LogP contribution is 2.09. The molecule has 1 aromatic heterocycles. The lowest BCUT2D eigenvalue weighted by Crippen LogP contribution is -2.48. The van der Waals surface area contributed by atoms with Crippen molar-refractivity contribution in [2.24, 2.45) is 0 Å². The minimum absolute atomic E-state index is 0.0172. The molecule has 0 bridgehead atoms. The predicted octanol–water partition coefficient (Wildman–Crippen LogP) is 2.77. The molecule has 1 amide bonds. The molecule has 142 valence electrons. The van der Waals surface area contributed by atoms with E-state index in [-0.39, 0.29) is 5.91 Å². The number of hydrogen-bond acceptors (Lipinski definition) is 5. The summed E-state index contributed by atoms with van der Waals surface area (Å²) in [5.41, 5.74) is 1.67. The zero-order valence-corrected chi connectivity index (χ0v) is 15.8. The summed E-state index contributed by atoms with van der Waals surface area (Å²) in [4.78, 5) is 25.5. The second kappa shape index (κ2) is 9.83. The van der Waals surface area contributed by atoms with Gasteiger partial charge in [0, 0.05) is 45.5 Å². The van der Waals surface area contributed by atoms with Crippen LogP contribution < -0.4 is 5.32 Å². The van der Waals surface area contributed by atoms with Gasteiger partial charge in [-0.05, 0) is 18.1 Å². The molecule has 1 aromatic carbocycles. The minimum atomic E-state index is -0.0172. The Hall–Kier alpha value is -2.73. The Morgan fingerprint density at radius 3 is 2.67 bits per heavy atom. The molecule has 3 rings (SSSR count). The van der Waals surface area contributed by atoms with Crippen LogP contribution in [0.5, 0.6) is 0 Å². The molecule has 1 aliphatic heterocycles. The van der Waals surface area contributed by atoms with Crippen molar-refractivity contribution in [1.82, 2.24) is 19.8 Å². The van der Waals surface area contributed by atoms with Crippen LogP contribution >= 0.6 is 0 Å². The molecule has 0 unspecified atom stereocenters. The summed E-state index contributed by atoms with van der Waals surface area (Å²) in [5, 5.41) is 3.13. The topological polar surface area (TPSA) is 61.4 Å². The SMILES string of the molecule is CCCNc1nccc(C(=O)N2CCN(C/C=C/c3ccccc3)CC2)n1. The molecule has 2 aromatic rings. The van der Waals surface area contributed by atoms with Crippen LogP contribution in [0.1, 0.15) is 29.4 Å². The van der Waals surface area contributed by atoms with E-state index in [1.165, 1.54) is 5.56 Å². The smallest absolute Gasteiger partial charge is 0.272 e. The van der Waals surface area contributed by atoms with E-state index in [2.05, 4.69) is 51.4 Å². The monoisotopic (exact) mass is 365 g/mol. The van der Waals surface area contributed by atoms with Gasteiger partial charge in [0.05, 0.1) is 0 Å². The van der Waals surface area contributed by atoms with E-state index in [9.17, 15) is 4.79 Å². The predicted molar refractivity (Wildman–Crippen MR) is 109 cm³/mol. The van der Waals surface area contributed by atoms with E-state index < -0.39 is 0 Å². The van der Waals surface area contributed by atoms with Gasteiger partial charge < -0.3 is 10.2 Å². The highest BCUT2D eigenvalue weighted by atomic mass is 16.2. The number of benzene rings is 1. The number of nitrogens with zero attached hydrogens (tertiary/aromatic N) is 4. The molecule has 27 heavy (non-hydrogen) atoms. The minimum Gasteiger partial charge on any atom is -0.354 e. The number of hydrogen-bond donors (Lipinski definition) is 1. The van der Waals surface area contributed by atoms with Gasteiger partial charge in [-0.3, -0.25) is 9.69 Å². The molecule has 1 saturated heterocycles. The van der Waals surface area contributed by atoms with Crippen LogP contribution in [-0.2, 0) is 0 Å². The van der Waals surface area contributed by atoms with Crippen molar-refractivity contribution >= 4 is 17.9 Å². The third kappa shape index (κ3) is 5.62. The number of aromatic nitrogens is 2. The number of amides is 1. The zero-order chi connectivity index (χ0) is 18.9. The average molecular weight is 365 g/mol. The lowest BCUT2D eigenvalue weighted by Gasteiger charge is -2.34. The molecule has 2 heterocycles. The van der Waals surface area contributed by atoms with Crippen LogP contribution in [0.2, 0.25) is 0 Å². The zero-order valence-electron chi connectivity index (χ0n) is 15.8. The van der Waals surface area contributed by atoms with Crippen LogP contribution in [0.3, 0.4) is 0 Å². The average Bonchev–Trinajstić information content (AvgIpc) is 2.73. The molecule has 6 heteroatoms. The second-order valence-corrected chi connectivity index (χ2v) is 6.60. The van der Waals surface area contributed by atoms with Crippen LogP contribution in [-0.4, -0.2) is 64.9 Å². The van der Waals surface area contributed by atoms with Gasteiger partial charge in [0.1, 0.15) is 5.69 Å². The highest BCUT2D eigenvalue weighted by molar-refractivity contribution is 5.92. The van der Waals surface area contributed by atoms with Crippen molar-refractivity contribution in [3.8, 4) is 0 Å². The fraction of sp³-hybridized carbons (Fsp3) is 0.381. The molecule has 1 N–H and O–H groups in total. The number of anilines is 1. The third-order valence-electron chi connectivity index (χ3n) is 4.54. The normalized spacial score (nSPS) is 15.2. The first kappa shape index (κ1) is 19.0. The molecule has 1 aliphatic rings. The maximum Gasteiger partial charge on any atom is 0.272 e. The summed E-state index contributed by atoms with van der Waals surface area (Å²) in [5.74, 6) is 0.504. The molecule has 0 spiro atoms. The van der Waals surface area contributed by atoms with E-state index in [0.29, 0.717) is 11.6 Å². The van der Waals surface area contributed by atoms with Crippen molar-refractivity contribution in [2.75, 3.05) is 44.6 Å². The largest absolute Gasteiger partial charge is 0.354 e. The summed E-state index contributed by atoms with van der Waals surface area (Å²) >= 11 is 0. The second-order valence-electron chi connectivity index (χ2n) is 6.60. The lowest BCUT2D eigenvalue weighted by molar-refractivity contribution is 0.0644. The number of carbonyl (C=O) groups excluding carboxylic acids is 1. The Morgan fingerprint density at radius 2 is 1.93 bits per heavy atom. The standard InChI is InChI=1S/C21H27N5O/c1-2-11-22-21-23-12-10-19(24-21)20(27)26-16-14-25(15-17-26)13-6-9-18-7-4-3-5-8-18/h3-10,12H,2,11,13-17H2,1H3,(H,22,23,24)/b9-6+. The molecule has 0 atom stereocenters. The quantitative estimate of drug-likeness (QED) is 0.817. The van der Waals surface area contributed by atoms with Crippen molar-refractivity contribution in [2.45, 2.75) is 13.3 Å². The van der Waals surface area contributed by atoms with Gasteiger partial charge in [0.2, 0.25) is 5.95 Å². The Kier molecular flexibility index (Phi) is 6.93. The van der Waals surface area contributed by atoms with Gasteiger partial charge in [-0.25, -0.2) is 9.97 Å². The molecule has 0 aliphatic carbocycles. The van der Waals surface area contributed by atoms with Crippen LogP contribution in [0, 0.1) is 0 Å². The number of piperazine rings is 1. The van der Waals surface area contributed by atoms with Gasteiger partial charge in [0.25, 0.3) is 5.91 Å². The Morgan fingerprint density at radius 1 is 1.15 bits per heavy atom. The fourth-order valence-corrected chi connectivity index (χ4v) is 3.00. The van der Waals surface area contributed by atoms with E-state index in [0.717, 1.165) is 45.7 Å². The number of carbonyl (C=O) groups is 1. The third-order valence-corrected chi connectivity index (χ3v) is 4.54. The van der Waals surface area contributed by atoms with Crippen molar-refractivity contribution in [1.29, 1.82) is 0 Å². The van der Waals surface area contributed by atoms with E-state index in [1.54, 1.807) is 12.3 Å². The molecular weight excluding hydrogens is 338 g/mol. The Labute approximate surface area is 160 Å². The maximum atomic E-state index is 12.7. The molecule has 6 nitrogen and oxygen atoms in total. The summed E-state index contributed by atoms with van der Waals surface area (Å²) in [6.07, 6.45) is 6.96. The van der Waals surface area contributed by atoms with E-state index >= 15 is 0 Å². The summed E-state index contributed by atoms with van der Waals surface area (Å²) < 4.78 is 0. The Bertz CT molecular complexity index is 754. The first-order valence-corrected chi connectivity index (χ1v) is 9.56. The summed E-state index contributed by atoms with van der Waals surface area (Å²) in [6.45, 7) is 6.96. The number of rotatable bonds is 7. The van der Waals surface area contributed by atoms with Crippen molar-refractivity contribution in [3.63, 3.8) is 0 Å². The highest BCUT2D eigenvalue weighted by Gasteiger charge is 2.22. The van der Waals surface area contributed by atoms with Crippen molar-refractivity contribution < 1.29 is 4.79 Å². The molecule has 0 saturated carbocycles. The van der Waals surface area contributed by atoms with E-state index in [1.807, 2.05) is 23.1 Å². The fourth-order valence-electron chi connectivity index (χ4n) is 3.00. The molecule has 0 radical (unpaired) electrons. The van der Waals surface area contributed by atoms with Crippen LogP contribution in [0.25, 0.3) is 6.08 Å². The Balaban J connectivity index is 1.48. The number of nitrogens with one attached hydrogen (secondary N) is 1.